The summed E-state index contributed by atoms with van der Waals surface area (Å²) in [4.78, 5) is 9.00. The van der Waals surface area contributed by atoms with Gasteiger partial charge in [0.05, 0.1) is 35.3 Å². The molecule has 1 unspecified atom stereocenters. The minimum Gasteiger partial charge on any atom is -0.382 e. The van der Waals surface area contributed by atoms with Gasteiger partial charge in [0.1, 0.15) is 5.69 Å². The number of nitrogen functional groups attached to an aromatic ring is 1. The summed E-state index contributed by atoms with van der Waals surface area (Å²) in [6, 6.07) is 16.5. The maximum Gasteiger partial charge on any atom is 0.189 e. The van der Waals surface area contributed by atoms with Gasteiger partial charge < -0.3 is 20.3 Å². The minimum absolute atomic E-state index is 0.0480. The molecule has 0 saturated carbocycles. The highest BCUT2D eigenvalue weighted by molar-refractivity contribution is 7.92. The standard InChI is InChI=1S/C28H30FN5O4S/c1-18(10-12-29)39(35,36)23-8-6-21(7-9-23)25-16-32-28(30)27(33-25)26-14-24(34-38-26)20-4-2-19(3-5-20)15-31-22-11-13-37-17-22/h2-9,14,16,18,22,31H,10-13,15,17H2,1H3,(H2,30,32)/t18?,22-/m0/s1. The lowest BCUT2D eigenvalue weighted by Gasteiger charge is -2.12. The average molecular weight is 552 g/mol. The van der Waals surface area contributed by atoms with Crippen LogP contribution >= 0.6 is 0 Å². The first kappa shape index (κ1) is 26.9. The molecule has 39 heavy (non-hydrogen) atoms. The van der Waals surface area contributed by atoms with E-state index in [1.807, 2.05) is 24.3 Å². The third-order valence-electron chi connectivity index (χ3n) is 6.84. The Balaban J connectivity index is 1.32. The summed E-state index contributed by atoms with van der Waals surface area (Å²) in [6.45, 7) is 3.14. The van der Waals surface area contributed by atoms with Crippen LogP contribution in [0.15, 0.2) is 70.2 Å². The van der Waals surface area contributed by atoms with Crippen molar-refractivity contribution >= 4 is 15.7 Å². The second-order valence-electron chi connectivity index (χ2n) is 9.56. The van der Waals surface area contributed by atoms with Gasteiger partial charge in [0.2, 0.25) is 0 Å². The first-order valence-corrected chi connectivity index (χ1v) is 14.3. The molecule has 2 aromatic carbocycles. The highest BCUT2D eigenvalue weighted by Gasteiger charge is 2.23. The Hall–Kier alpha value is -3.67. The largest absolute Gasteiger partial charge is 0.382 e. The van der Waals surface area contributed by atoms with Crippen LogP contribution in [0, 0.1) is 0 Å². The molecule has 4 aromatic rings. The number of anilines is 1. The molecule has 1 aliphatic rings. The molecule has 0 amide bonds. The van der Waals surface area contributed by atoms with E-state index in [1.54, 1.807) is 18.2 Å². The maximum absolute atomic E-state index is 12.7. The molecule has 5 rings (SSSR count). The molecule has 1 fully saturated rings. The van der Waals surface area contributed by atoms with Gasteiger partial charge in [-0.2, -0.15) is 0 Å². The average Bonchev–Trinajstić information content (AvgIpc) is 3.66. The molecule has 3 N–H and O–H groups in total. The third-order valence-corrected chi connectivity index (χ3v) is 9.07. The van der Waals surface area contributed by atoms with E-state index < -0.39 is 21.8 Å². The van der Waals surface area contributed by atoms with E-state index in [9.17, 15) is 12.8 Å². The Morgan fingerprint density at radius 2 is 1.82 bits per heavy atom. The van der Waals surface area contributed by atoms with Crippen molar-refractivity contribution in [3.63, 3.8) is 0 Å². The van der Waals surface area contributed by atoms with Crippen LogP contribution in [0.3, 0.4) is 0 Å². The van der Waals surface area contributed by atoms with Gasteiger partial charge >= 0.3 is 0 Å². The second-order valence-corrected chi connectivity index (χ2v) is 11.9. The van der Waals surface area contributed by atoms with Crippen molar-refractivity contribution in [2.24, 2.45) is 0 Å². The first-order valence-electron chi connectivity index (χ1n) is 12.8. The predicted molar refractivity (Wildman–Crippen MR) is 146 cm³/mol. The zero-order valence-electron chi connectivity index (χ0n) is 21.5. The Bertz CT molecular complexity index is 1520. The third kappa shape index (κ3) is 6.00. The van der Waals surface area contributed by atoms with E-state index in [2.05, 4.69) is 20.4 Å². The highest BCUT2D eigenvalue weighted by atomic mass is 32.2. The molecule has 3 heterocycles. The number of benzene rings is 2. The van der Waals surface area contributed by atoms with Crippen LogP contribution in [0.4, 0.5) is 10.2 Å². The molecule has 11 heteroatoms. The lowest BCUT2D eigenvalue weighted by molar-refractivity contribution is 0.190. The number of hydrogen-bond acceptors (Lipinski definition) is 9. The molecule has 0 aliphatic carbocycles. The van der Waals surface area contributed by atoms with Gasteiger partial charge in [-0.15, -0.1) is 0 Å². The van der Waals surface area contributed by atoms with Crippen molar-refractivity contribution in [3.05, 3.63) is 66.4 Å². The number of rotatable bonds is 10. The van der Waals surface area contributed by atoms with Gasteiger partial charge in [0.25, 0.3) is 0 Å². The molecule has 1 saturated heterocycles. The van der Waals surface area contributed by atoms with E-state index in [0.29, 0.717) is 34.4 Å². The summed E-state index contributed by atoms with van der Waals surface area (Å²) in [7, 11) is -3.62. The topological polar surface area (TPSA) is 133 Å². The van der Waals surface area contributed by atoms with Crippen LogP contribution in [0.5, 0.6) is 0 Å². The number of alkyl halides is 1. The van der Waals surface area contributed by atoms with Crippen molar-refractivity contribution in [2.75, 3.05) is 25.6 Å². The van der Waals surface area contributed by atoms with Gasteiger partial charge in [-0.05, 0) is 37.5 Å². The SMILES string of the molecule is CC(CCF)S(=O)(=O)c1ccc(-c2cnc(N)c(-c3cc(-c4ccc(CN[C@H]5CCOC5)cc4)no3)n2)cc1. The molecule has 204 valence electrons. The van der Waals surface area contributed by atoms with Crippen molar-refractivity contribution in [1.29, 1.82) is 0 Å². The van der Waals surface area contributed by atoms with Crippen LogP contribution in [0.25, 0.3) is 34.0 Å². The van der Waals surface area contributed by atoms with Crippen LogP contribution in [0.1, 0.15) is 25.3 Å². The number of ether oxygens (including phenoxy) is 1. The van der Waals surface area contributed by atoms with E-state index in [1.165, 1.54) is 25.3 Å². The number of nitrogens with two attached hydrogens (primary N) is 1. The molecule has 0 bridgehead atoms. The van der Waals surface area contributed by atoms with Crippen LogP contribution in [0.2, 0.25) is 0 Å². The van der Waals surface area contributed by atoms with Crippen LogP contribution in [-0.4, -0.2) is 54.7 Å². The van der Waals surface area contributed by atoms with Crippen molar-refractivity contribution in [1.82, 2.24) is 20.4 Å². The fourth-order valence-electron chi connectivity index (χ4n) is 4.35. The molecule has 2 atom stereocenters. The summed E-state index contributed by atoms with van der Waals surface area (Å²) < 4.78 is 48.9. The second kappa shape index (κ2) is 11.6. The normalized spacial score (nSPS) is 16.4. The van der Waals surface area contributed by atoms with Gasteiger partial charge in [-0.3, -0.25) is 4.39 Å². The van der Waals surface area contributed by atoms with Gasteiger partial charge in [-0.1, -0.05) is 41.6 Å². The fraction of sp³-hybridized carbons (Fsp3) is 0.321. The zero-order valence-corrected chi connectivity index (χ0v) is 22.3. The molecule has 2 aromatic heterocycles. The van der Waals surface area contributed by atoms with Gasteiger partial charge in [0, 0.05) is 36.4 Å². The number of sulfone groups is 1. The fourth-order valence-corrected chi connectivity index (χ4v) is 5.73. The molecular weight excluding hydrogens is 521 g/mol. The lowest BCUT2D eigenvalue weighted by Crippen LogP contribution is -2.28. The molecule has 1 aliphatic heterocycles. The van der Waals surface area contributed by atoms with Gasteiger partial charge in [0.15, 0.2) is 27.1 Å². The number of nitrogens with zero attached hydrogens (tertiary/aromatic N) is 3. The maximum atomic E-state index is 12.7. The summed E-state index contributed by atoms with van der Waals surface area (Å²) >= 11 is 0. The predicted octanol–water partition coefficient (Wildman–Crippen LogP) is 4.45. The summed E-state index contributed by atoms with van der Waals surface area (Å²) in [5.41, 5.74) is 10.3. The quantitative estimate of drug-likeness (QED) is 0.293. The Morgan fingerprint density at radius 3 is 2.51 bits per heavy atom. The monoisotopic (exact) mass is 551 g/mol. The van der Waals surface area contributed by atoms with E-state index in [4.69, 9.17) is 15.0 Å². The summed E-state index contributed by atoms with van der Waals surface area (Å²) in [5, 5.41) is 6.88. The van der Waals surface area contributed by atoms with Crippen molar-refractivity contribution in [3.8, 4) is 34.0 Å². The van der Waals surface area contributed by atoms with Gasteiger partial charge in [-0.25, -0.2) is 18.4 Å². The van der Waals surface area contributed by atoms with E-state index >= 15 is 0 Å². The molecule has 0 spiro atoms. The lowest BCUT2D eigenvalue weighted by atomic mass is 10.1. The summed E-state index contributed by atoms with van der Waals surface area (Å²) in [5.74, 6) is 0.543. The van der Waals surface area contributed by atoms with E-state index in [0.717, 1.165) is 37.3 Å². The number of hydrogen-bond donors (Lipinski definition) is 2. The molecule has 0 radical (unpaired) electrons. The number of halogens is 1. The van der Waals surface area contributed by atoms with Crippen LogP contribution < -0.4 is 11.1 Å². The smallest absolute Gasteiger partial charge is 0.189 e. The minimum atomic E-state index is -3.62. The number of aromatic nitrogens is 3. The van der Waals surface area contributed by atoms with E-state index in [-0.39, 0.29) is 17.1 Å². The molecular formula is C28H30FN5O4S. The Kier molecular flexibility index (Phi) is 8.01. The Labute approximate surface area is 226 Å². The Morgan fingerprint density at radius 1 is 1.10 bits per heavy atom. The summed E-state index contributed by atoms with van der Waals surface area (Å²) in [6.07, 6.45) is 2.49. The van der Waals surface area contributed by atoms with Crippen molar-refractivity contribution in [2.45, 2.75) is 42.5 Å². The first-order chi connectivity index (χ1) is 18.8. The van der Waals surface area contributed by atoms with Crippen LogP contribution in [-0.2, 0) is 21.1 Å². The molecule has 9 nitrogen and oxygen atoms in total. The highest BCUT2D eigenvalue weighted by Crippen LogP contribution is 2.30. The van der Waals surface area contributed by atoms with Crippen molar-refractivity contribution < 1.29 is 22.1 Å². The number of nitrogens with one attached hydrogen (secondary N) is 1. The zero-order chi connectivity index (χ0) is 27.4.